The van der Waals surface area contributed by atoms with Crippen molar-refractivity contribution in [1.29, 1.82) is 0 Å². The van der Waals surface area contributed by atoms with Crippen LogP contribution in [0, 0.1) is 0 Å². The van der Waals surface area contributed by atoms with E-state index in [2.05, 4.69) is 4.74 Å². The lowest BCUT2D eigenvalue weighted by Crippen LogP contribution is -2.59. The van der Waals surface area contributed by atoms with Crippen molar-refractivity contribution >= 4 is 35.8 Å². The Balaban J connectivity index is 1.52. The Kier molecular flexibility index (Phi) is 8.17. The highest BCUT2D eigenvalue weighted by molar-refractivity contribution is 7.99. The van der Waals surface area contributed by atoms with Gasteiger partial charge >= 0.3 is 18.2 Å². The first-order valence-electron chi connectivity index (χ1n) is 11.4. The fourth-order valence-corrected chi connectivity index (χ4v) is 5.07. The number of carbonyl (C=O) groups excluding carboxylic acids is 2. The lowest BCUT2D eigenvalue weighted by molar-refractivity contribution is -0.215. The summed E-state index contributed by atoms with van der Waals surface area (Å²) in [5.74, 6) is -1.49. The number of methoxy groups -OCH3 is 1. The number of rotatable bonds is 5. The van der Waals surface area contributed by atoms with E-state index < -0.39 is 35.8 Å². The number of carboxylic acids is 1. The summed E-state index contributed by atoms with van der Waals surface area (Å²) in [4.78, 5) is 48.9. The van der Waals surface area contributed by atoms with Gasteiger partial charge in [0, 0.05) is 40.9 Å². The summed E-state index contributed by atoms with van der Waals surface area (Å²) in [6, 6.07) is 7.43. The topological polar surface area (TPSA) is 106 Å². The molecule has 1 saturated heterocycles. The molecule has 1 fully saturated rings. The number of carboxylic acid groups (broad SMARTS) is 1. The molecule has 2 aromatic rings. The molecule has 13 heteroatoms. The molecular formula is C25H23F3N2O7S. The summed E-state index contributed by atoms with van der Waals surface area (Å²) in [5.41, 5.74) is 0.0792. The van der Waals surface area contributed by atoms with Crippen molar-refractivity contribution in [2.75, 3.05) is 33.4 Å². The van der Waals surface area contributed by atoms with E-state index in [1.165, 1.54) is 23.1 Å². The molecule has 0 spiro atoms. The first-order chi connectivity index (χ1) is 18.1. The molecule has 2 heterocycles. The third-order valence-corrected chi connectivity index (χ3v) is 7.04. The van der Waals surface area contributed by atoms with E-state index in [1.54, 1.807) is 18.2 Å². The largest absolute Gasteiger partial charge is 0.480 e. The minimum Gasteiger partial charge on any atom is -0.480 e. The maximum Gasteiger partial charge on any atom is 0.417 e. The zero-order valence-corrected chi connectivity index (χ0v) is 20.9. The normalized spacial score (nSPS) is 17.6. The summed E-state index contributed by atoms with van der Waals surface area (Å²) < 4.78 is 46.3. The van der Waals surface area contributed by atoms with Crippen LogP contribution in [0.4, 0.5) is 18.0 Å². The summed E-state index contributed by atoms with van der Waals surface area (Å²) in [6.07, 6.45) is -2.56. The minimum atomic E-state index is -4.65. The van der Waals surface area contributed by atoms with Gasteiger partial charge in [-0.05, 0) is 42.0 Å². The van der Waals surface area contributed by atoms with Crippen LogP contribution >= 0.6 is 11.8 Å². The van der Waals surface area contributed by atoms with Crippen molar-refractivity contribution < 1.29 is 47.2 Å². The Morgan fingerprint density at radius 3 is 2.66 bits per heavy atom. The summed E-state index contributed by atoms with van der Waals surface area (Å²) in [7, 11) is 1.16. The average Bonchev–Trinajstić information content (AvgIpc) is 2.90. The molecule has 38 heavy (non-hydrogen) atoms. The first-order valence-corrected chi connectivity index (χ1v) is 12.2. The zero-order chi connectivity index (χ0) is 27.4. The fourth-order valence-electron chi connectivity index (χ4n) is 4.06. The van der Waals surface area contributed by atoms with Crippen molar-refractivity contribution in [3.63, 3.8) is 0 Å². The van der Waals surface area contributed by atoms with Crippen LogP contribution in [0.1, 0.15) is 16.7 Å². The maximum atomic E-state index is 13.9. The van der Waals surface area contributed by atoms with E-state index in [1.807, 2.05) is 0 Å². The van der Waals surface area contributed by atoms with E-state index >= 15 is 0 Å². The van der Waals surface area contributed by atoms with Gasteiger partial charge in [0.25, 0.3) is 0 Å². The third-order valence-electron chi connectivity index (χ3n) is 5.97. The number of fused-ring (bicyclic) bond motifs is 1. The SMILES string of the molecule is COC(=O)N1CCN(C(=O)C=Cc2ccc(Sc3ccc4c(c3)CCOO4)c(C(F)(F)F)c2)C(C(=O)O)C1. The van der Waals surface area contributed by atoms with Crippen LogP contribution in [0.2, 0.25) is 0 Å². The number of halogens is 3. The zero-order valence-electron chi connectivity index (χ0n) is 20.1. The van der Waals surface area contributed by atoms with E-state index in [4.69, 9.17) is 9.78 Å². The molecule has 9 nitrogen and oxygen atoms in total. The molecule has 0 radical (unpaired) electrons. The lowest BCUT2D eigenvalue weighted by atomic mass is 10.1. The van der Waals surface area contributed by atoms with Crippen LogP contribution in [-0.2, 0) is 31.8 Å². The molecule has 0 bridgehead atoms. The van der Waals surface area contributed by atoms with Gasteiger partial charge in [-0.15, -0.1) is 0 Å². The van der Waals surface area contributed by atoms with Crippen LogP contribution in [0.5, 0.6) is 5.75 Å². The summed E-state index contributed by atoms with van der Waals surface area (Å²) >= 11 is 0.954. The number of piperazine rings is 1. The molecule has 1 unspecified atom stereocenters. The van der Waals surface area contributed by atoms with E-state index in [0.29, 0.717) is 23.7 Å². The van der Waals surface area contributed by atoms with Gasteiger partial charge in [0.05, 0.1) is 25.8 Å². The van der Waals surface area contributed by atoms with Crippen LogP contribution in [0.25, 0.3) is 6.08 Å². The Hall–Kier alpha value is -3.71. The molecule has 1 atom stereocenters. The Morgan fingerprint density at radius 1 is 1.16 bits per heavy atom. The van der Waals surface area contributed by atoms with Crippen molar-refractivity contribution in [1.82, 2.24) is 9.80 Å². The molecule has 4 rings (SSSR count). The third kappa shape index (κ3) is 6.22. The number of aliphatic carboxylic acids is 1. The molecule has 2 amide bonds. The highest BCUT2D eigenvalue weighted by atomic mass is 32.2. The van der Waals surface area contributed by atoms with E-state index in [9.17, 15) is 32.7 Å². The molecular weight excluding hydrogens is 529 g/mol. The Labute approximate surface area is 219 Å². The fraction of sp³-hybridized carbons (Fsp3) is 0.320. The molecule has 1 N–H and O–H groups in total. The molecule has 2 aliphatic rings. The highest BCUT2D eigenvalue weighted by Crippen LogP contribution is 2.41. The van der Waals surface area contributed by atoms with Gasteiger partial charge in [-0.25, -0.2) is 9.59 Å². The first kappa shape index (κ1) is 27.3. The van der Waals surface area contributed by atoms with Crippen molar-refractivity contribution in [2.45, 2.75) is 28.4 Å². The Morgan fingerprint density at radius 2 is 1.95 bits per heavy atom. The second kappa shape index (κ2) is 11.4. The number of carbonyl (C=O) groups is 3. The number of alkyl halides is 3. The van der Waals surface area contributed by atoms with Gasteiger partial charge < -0.3 is 24.5 Å². The summed E-state index contributed by atoms with van der Waals surface area (Å²) in [5, 5.41) is 9.52. The van der Waals surface area contributed by atoms with Gasteiger partial charge in [0.15, 0.2) is 5.75 Å². The number of hydrogen-bond donors (Lipinski definition) is 1. The molecule has 0 aliphatic carbocycles. The van der Waals surface area contributed by atoms with Gasteiger partial charge in [-0.2, -0.15) is 18.1 Å². The highest BCUT2D eigenvalue weighted by Gasteiger charge is 2.37. The molecule has 0 aromatic heterocycles. The van der Waals surface area contributed by atoms with E-state index in [0.717, 1.165) is 41.5 Å². The summed E-state index contributed by atoms with van der Waals surface area (Å²) in [6.45, 7) is 0.0645. The van der Waals surface area contributed by atoms with Crippen LogP contribution in [0.3, 0.4) is 0 Å². The number of ether oxygens (including phenoxy) is 1. The lowest BCUT2D eigenvalue weighted by Gasteiger charge is -2.38. The smallest absolute Gasteiger partial charge is 0.417 e. The monoisotopic (exact) mass is 552 g/mol. The molecule has 202 valence electrons. The van der Waals surface area contributed by atoms with Crippen molar-refractivity contribution in [3.05, 3.63) is 59.2 Å². The standard InChI is InChI=1S/C25H23F3N2O7S/c1-35-24(34)29-9-10-30(19(14-29)23(32)33)22(31)7-3-15-2-6-21(18(12-15)25(26,27)28)38-17-4-5-20-16(13-17)8-11-36-37-20/h2-7,12-13,19H,8-11,14H2,1H3,(H,32,33). The number of hydrogen-bond acceptors (Lipinski definition) is 7. The van der Waals surface area contributed by atoms with Crippen molar-refractivity contribution in [3.8, 4) is 5.75 Å². The number of amides is 2. The number of benzene rings is 2. The number of nitrogens with zero attached hydrogens (tertiary/aromatic N) is 2. The van der Waals surface area contributed by atoms with Crippen LogP contribution in [-0.4, -0.2) is 72.3 Å². The Bertz CT molecular complexity index is 1270. The second-order valence-electron chi connectivity index (χ2n) is 8.42. The average molecular weight is 553 g/mol. The van der Waals surface area contributed by atoms with Gasteiger partial charge in [-0.1, -0.05) is 17.8 Å². The molecule has 0 saturated carbocycles. The van der Waals surface area contributed by atoms with Crippen LogP contribution in [0.15, 0.2) is 52.3 Å². The predicted octanol–water partition coefficient (Wildman–Crippen LogP) is 4.10. The van der Waals surface area contributed by atoms with Gasteiger partial charge in [0.2, 0.25) is 5.91 Å². The van der Waals surface area contributed by atoms with Gasteiger partial charge in [-0.3, -0.25) is 4.79 Å². The maximum absolute atomic E-state index is 13.9. The minimum absolute atomic E-state index is 0.0150. The molecule has 2 aromatic carbocycles. The van der Waals surface area contributed by atoms with Gasteiger partial charge in [0.1, 0.15) is 6.04 Å². The van der Waals surface area contributed by atoms with Crippen molar-refractivity contribution in [2.24, 2.45) is 0 Å². The van der Waals surface area contributed by atoms with E-state index in [-0.39, 0.29) is 30.1 Å². The second-order valence-corrected chi connectivity index (χ2v) is 9.53. The van der Waals surface area contributed by atoms with Crippen LogP contribution < -0.4 is 4.89 Å². The quantitative estimate of drug-likeness (QED) is 0.437. The molecule has 2 aliphatic heterocycles. The predicted molar refractivity (Wildman–Crippen MR) is 128 cm³/mol.